The first-order valence-electron chi connectivity index (χ1n) is 3.10. The number of thioether (sulfide) groups is 1. The van der Waals surface area contributed by atoms with Crippen LogP contribution in [-0.4, -0.2) is 16.6 Å². The molecule has 0 bridgehead atoms. The second-order valence-electron chi connectivity index (χ2n) is 1.84. The third-order valence-electron chi connectivity index (χ3n) is 1.04. The van der Waals surface area contributed by atoms with Crippen molar-refractivity contribution in [2.24, 2.45) is 0 Å². The van der Waals surface area contributed by atoms with Crippen LogP contribution in [0.4, 0.5) is 4.79 Å². The van der Waals surface area contributed by atoms with Crippen molar-refractivity contribution >= 4 is 28.7 Å². The van der Waals surface area contributed by atoms with Gasteiger partial charge in [-0.05, 0) is 18.2 Å². The predicted octanol–water partition coefficient (Wildman–Crippen LogP) is 2.85. The lowest BCUT2D eigenvalue weighted by atomic mass is 10.4. The highest BCUT2D eigenvalue weighted by atomic mass is 35.5. The molecule has 0 radical (unpaired) electrons. The maximum atomic E-state index is 10.7. The number of rotatable bonds is 3. The first-order valence-corrected chi connectivity index (χ1v) is 4.51. The van der Waals surface area contributed by atoms with E-state index in [-0.39, 0.29) is 11.4 Å². The molecule has 0 aromatic heterocycles. The van der Waals surface area contributed by atoms with E-state index in [1.54, 1.807) is 0 Å². The van der Waals surface area contributed by atoms with E-state index in [9.17, 15) is 4.79 Å². The molecule has 10 heavy (non-hydrogen) atoms. The van der Waals surface area contributed by atoms with Crippen molar-refractivity contribution in [1.82, 2.24) is 0 Å². The molecule has 0 N–H and O–H groups in total. The van der Waals surface area contributed by atoms with Crippen LogP contribution in [0.3, 0.4) is 0 Å². The standard InChI is InChI=1S/C6H11ClO2S/c1-3-5(2)10-6(8)9-4-7/h5H,3-4H2,1-2H3. The van der Waals surface area contributed by atoms with Gasteiger partial charge < -0.3 is 4.74 Å². The highest BCUT2D eigenvalue weighted by molar-refractivity contribution is 8.13. The van der Waals surface area contributed by atoms with Crippen molar-refractivity contribution in [3.8, 4) is 0 Å². The quantitative estimate of drug-likeness (QED) is 0.496. The third kappa shape index (κ3) is 4.94. The van der Waals surface area contributed by atoms with Crippen LogP contribution in [0, 0.1) is 0 Å². The lowest BCUT2D eigenvalue weighted by Gasteiger charge is -2.04. The van der Waals surface area contributed by atoms with E-state index < -0.39 is 0 Å². The first-order chi connectivity index (χ1) is 4.70. The van der Waals surface area contributed by atoms with E-state index in [4.69, 9.17) is 11.6 Å². The van der Waals surface area contributed by atoms with Crippen LogP contribution in [0.15, 0.2) is 0 Å². The van der Waals surface area contributed by atoms with Crippen LogP contribution in [-0.2, 0) is 4.74 Å². The molecule has 0 saturated heterocycles. The molecule has 0 saturated carbocycles. The van der Waals surface area contributed by atoms with Crippen molar-refractivity contribution in [3.63, 3.8) is 0 Å². The van der Waals surface area contributed by atoms with Crippen LogP contribution >= 0.6 is 23.4 Å². The summed E-state index contributed by atoms with van der Waals surface area (Å²) in [6, 6.07) is -0.0533. The van der Waals surface area contributed by atoms with Crippen LogP contribution < -0.4 is 0 Å². The molecule has 0 aromatic rings. The van der Waals surface area contributed by atoms with Gasteiger partial charge in [-0.25, -0.2) is 4.79 Å². The average Bonchev–Trinajstić information content (AvgIpc) is 1.88. The second kappa shape index (κ2) is 5.86. The maximum Gasteiger partial charge on any atom is 0.368 e. The van der Waals surface area contributed by atoms with Gasteiger partial charge in [-0.2, -0.15) is 0 Å². The Morgan fingerprint density at radius 2 is 2.40 bits per heavy atom. The minimum atomic E-state index is -0.288. The molecule has 2 nitrogen and oxygen atoms in total. The fourth-order valence-corrected chi connectivity index (χ4v) is 1.11. The first kappa shape index (κ1) is 10.1. The van der Waals surface area contributed by atoms with Gasteiger partial charge in [0.2, 0.25) is 0 Å². The molecular formula is C6H11ClO2S. The summed E-state index contributed by atoms with van der Waals surface area (Å²) >= 11 is 6.35. The van der Waals surface area contributed by atoms with Gasteiger partial charge in [0.15, 0.2) is 6.07 Å². The molecule has 0 spiro atoms. The highest BCUT2D eigenvalue weighted by Gasteiger charge is 2.07. The Bertz CT molecular complexity index is 108. The third-order valence-corrected chi connectivity index (χ3v) is 2.20. The summed E-state index contributed by atoms with van der Waals surface area (Å²) in [5.41, 5.74) is 0. The number of alkyl halides is 1. The second-order valence-corrected chi connectivity index (χ2v) is 3.43. The van der Waals surface area contributed by atoms with Crippen LogP contribution in [0.25, 0.3) is 0 Å². The van der Waals surface area contributed by atoms with Crippen molar-refractivity contribution < 1.29 is 9.53 Å². The van der Waals surface area contributed by atoms with Gasteiger partial charge in [-0.1, -0.05) is 25.4 Å². The molecule has 4 heteroatoms. The van der Waals surface area contributed by atoms with E-state index in [1.807, 2.05) is 13.8 Å². The molecule has 1 unspecified atom stereocenters. The van der Waals surface area contributed by atoms with Gasteiger partial charge in [0, 0.05) is 5.25 Å². The maximum absolute atomic E-state index is 10.7. The van der Waals surface area contributed by atoms with E-state index in [2.05, 4.69) is 4.74 Å². The van der Waals surface area contributed by atoms with Gasteiger partial charge in [0.1, 0.15) is 0 Å². The number of ether oxygens (including phenoxy) is 1. The monoisotopic (exact) mass is 182 g/mol. The molecule has 0 heterocycles. The molecule has 0 fully saturated rings. The number of carbonyl (C=O) groups excluding carboxylic acids is 1. The van der Waals surface area contributed by atoms with Gasteiger partial charge in [0.25, 0.3) is 0 Å². The number of halogens is 1. The van der Waals surface area contributed by atoms with E-state index in [0.717, 1.165) is 6.42 Å². The molecule has 0 aliphatic rings. The van der Waals surface area contributed by atoms with Gasteiger partial charge in [0.05, 0.1) is 0 Å². The van der Waals surface area contributed by atoms with Gasteiger partial charge in [-0.3, -0.25) is 0 Å². The SMILES string of the molecule is CCC(C)SC(=O)OCCl. The average molecular weight is 183 g/mol. The molecule has 60 valence electrons. The normalized spacial score (nSPS) is 12.7. The lowest BCUT2D eigenvalue weighted by Crippen LogP contribution is -2.02. The molecule has 0 rings (SSSR count). The Hall–Kier alpha value is 0.110. The Labute approximate surface area is 70.3 Å². The zero-order chi connectivity index (χ0) is 7.98. The van der Waals surface area contributed by atoms with Crippen LogP contribution in [0.5, 0.6) is 0 Å². The summed E-state index contributed by atoms with van der Waals surface area (Å²) in [4.78, 5) is 10.7. The molecule has 0 amide bonds. The molecule has 1 atom stereocenters. The van der Waals surface area contributed by atoms with E-state index in [0.29, 0.717) is 5.25 Å². The van der Waals surface area contributed by atoms with E-state index >= 15 is 0 Å². The molecule has 0 aliphatic heterocycles. The smallest absolute Gasteiger partial charge is 0.368 e. The van der Waals surface area contributed by atoms with E-state index in [1.165, 1.54) is 11.8 Å². The summed E-state index contributed by atoms with van der Waals surface area (Å²) in [5, 5.41) is 0.0278. The molecular weight excluding hydrogens is 172 g/mol. The summed E-state index contributed by atoms with van der Waals surface area (Å²) in [6.45, 7) is 3.99. The zero-order valence-electron chi connectivity index (χ0n) is 6.09. The van der Waals surface area contributed by atoms with Crippen molar-refractivity contribution in [2.45, 2.75) is 25.5 Å². The summed E-state index contributed by atoms with van der Waals surface area (Å²) in [5.74, 6) is 0. The Morgan fingerprint density at radius 3 is 2.80 bits per heavy atom. The van der Waals surface area contributed by atoms with Crippen molar-refractivity contribution in [1.29, 1.82) is 0 Å². The van der Waals surface area contributed by atoms with Crippen LogP contribution in [0.2, 0.25) is 0 Å². The number of hydrogen-bond donors (Lipinski definition) is 0. The summed E-state index contributed by atoms with van der Waals surface area (Å²) < 4.78 is 4.50. The minimum Gasteiger partial charge on any atom is -0.441 e. The summed E-state index contributed by atoms with van der Waals surface area (Å²) in [7, 11) is 0. The van der Waals surface area contributed by atoms with Gasteiger partial charge >= 0.3 is 5.30 Å². The predicted molar refractivity (Wildman–Crippen MR) is 44.5 cm³/mol. The lowest BCUT2D eigenvalue weighted by molar-refractivity contribution is 0.194. The highest BCUT2D eigenvalue weighted by Crippen LogP contribution is 2.15. The topological polar surface area (TPSA) is 26.3 Å². The Morgan fingerprint density at radius 1 is 1.80 bits per heavy atom. The minimum absolute atomic E-state index is 0.0533. The number of carbonyl (C=O) groups is 1. The Balaban J connectivity index is 3.37. The van der Waals surface area contributed by atoms with Crippen molar-refractivity contribution in [2.75, 3.05) is 6.07 Å². The number of hydrogen-bond acceptors (Lipinski definition) is 3. The fraction of sp³-hybridized carbons (Fsp3) is 0.833. The largest absolute Gasteiger partial charge is 0.441 e. The molecule has 0 aromatic carbocycles. The zero-order valence-corrected chi connectivity index (χ0v) is 7.67. The van der Waals surface area contributed by atoms with Gasteiger partial charge in [-0.15, -0.1) is 0 Å². The fourth-order valence-electron chi connectivity index (χ4n) is 0.326. The Kier molecular flexibility index (Phi) is 5.93. The summed E-state index contributed by atoms with van der Waals surface area (Å²) in [6.07, 6.45) is 0.960. The van der Waals surface area contributed by atoms with Crippen molar-refractivity contribution in [3.05, 3.63) is 0 Å². The molecule has 0 aliphatic carbocycles. The van der Waals surface area contributed by atoms with Crippen LogP contribution in [0.1, 0.15) is 20.3 Å².